The average Bonchev–Trinajstić information content (AvgIpc) is 2.88. The largest absolute Gasteiger partial charge is 0.349 e. The fourth-order valence-electron chi connectivity index (χ4n) is 1.76. The molecule has 1 unspecified atom stereocenters. The molecule has 0 bridgehead atoms. The van der Waals surface area contributed by atoms with Gasteiger partial charge in [0.2, 0.25) is 0 Å². The fraction of sp³-hybridized carbons (Fsp3) is 0.417. The standard InChI is InChI=1S/C12H17N3S/c1-9-4-8-16-12(9)10(2)13-5-3-11-14-6-7-15-11/h4,6-8,10,13H,3,5H2,1-2H3,(H,14,15). The molecule has 4 heteroatoms. The van der Waals surface area contributed by atoms with Crippen LogP contribution >= 0.6 is 11.3 Å². The van der Waals surface area contributed by atoms with E-state index < -0.39 is 0 Å². The maximum absolute atomic E-state index is 4.20. The van der Waals surface area contributed by atoms with E-state index in [9.17, 15) is 0 Å². The van der Waals surface area contributed by atoms with Crippen LogP contribution in [0.15, 0.2) is 23.8 Å². The molecule has 0 aliphatic heterocycles. The smallest absolute Gasteiger partial charge is 0.107 e. The summed E-state index contributed by atoms with van der Waals surface area (Å²) in [5.41, 5.74) is 1.38. The molecule has 16 heavy (non-hydrogen) atoms. The molecule has 2 aromatic heterocycles. The van der Waals surface area contributed by atoms with Crippen molar-refractivity contribution in [3.63, 3.8) is 0 Å². The van der Waals surface area contributed by atoms with Gasteiger partial charge < -0.3 is 10.3 Å². The molecule has 0 aliphatic carbocycles. The molecule has 0 spiro atoms. The molecule has 2 heterocycles. The molecule has 0 amide bonds. The summed E-state index contributed by atoms with van der Waals surface area (Å²) in [5.74, 6) is 1.04. The number of aryl methyl sites for hydroxylation is 1. The fourth-order valence-corrected chi connectivity index (χ4v) is 2.72. The van der Waals surface area contributed by atoms with E-state index in [0.29, 0.717) is 6.04 Å². The number of imidazole rings is 1. The highest BCUT2D eigenvalue weighted by atomic mass is 32.1. The first-order valence-electron chi connectivity index (χ1n) is 5.53. The predicted molar refractivity (Wildman–Crippen MR) is 67.8 cm³/mol. The molecule has 0 saturated carbocycles. The summed E-state index contributed by atoms with van der Waals surface area (Å²) in [6, 6.07) is 2.60. The van der Waals surface area contributed by atoms with Crippen LogP contribution in [0.1, 0.15) is 29.2 Å². The van der Waals surface area contributed by atoms with Crippen LogP contribution in [-0.2, 0) is 6.42 Å². The number of thiophene rings is 1. The second-order valence-corrected chi connectivity index (χ2v) is 4.88. The van der Waals surface area contributed by atoms with Gasteiger partial charge >= 0.3 is 0 Å². The predicted octanol–water partition coefficient (Wildman–Crippen LogP) is 2.67. The lowest BCUT2D eigenvalue weighted by molar-refractivity contribution is 0.577. The van der Waals surface area contributed by atoms with E-state index in [1.807, 2.05) is 17.5 Å². The number of H-pyrrole nitrogens is 1. The number of aromatic nitrogens is 2. The Hall–Kier alpha value is -1.13. The Labute approximate surface area is 99.9 Å². The van der Waals surface area contributed by atoms with Gasteiger partial charge in [0.25, 0.3) is 0 Å². The molecule has 0 aromatic carbocycles. The zero-order chi connectivity index (χ0) is 11.4. The average molecular weight is 235 g/mol. The molecule has 0 saturated heterocycles. The maximum atomic E-state index is 4.20. The summed E-state index contributed by atoms with van der Waals surface area (Å²) in [6.45, 7) is 5.32. The van der Waals surface area contributed by atoms with Gasteiger partial charge in [-0.3, -0.25) is 0 Å². The number of hydrogen-bond acceptors (Lipinski definition) is 3. The van der Waals surface area contributed by atoms with Crippen LogP contribution in [0, 0.1) is 6.92 Å². The van der Waals surface area contributed by atoms with E-state index in [-0.39, 0.29) is 0 Å². The summed E-state index contributed by atoms with van der Waals surface area (Å²) in [6.07, 6.45) is 4.60. The minimum Gasteiger partial charge on any atom is -0.349 e. The van der Waals surface area contributed by atoms with Gasteiger partial charge in [0.05, 0.1) is 0 Å². The molecule has 86 valence electrons. The summed E-state index contributed by atoms with van der Waals surface area (Å²) >= 11 is 1.82. The van der Waals surface area contributed by atoms with Gasteiger partial charge in [-0.1, -0.05) is 0 Å². The highest BCUT2D eigenvalue weighted by molar-refractivity contribution is 7.10. The molecule has 2 aromatic rings. The quantitative estimate of drug-likeness (QED) is 0.836. The van der Waals surface area contributed by atoms with E-state index >= 15 is 0 Å². The van der Waals surface area contributed by atoms with Gasteiger partial charge in [-0.25, -0.2) is 4.98 Å². The molecule has 1 atom stereocenters. The molecule has 3 nitrogen and oxygen atoms in total. The Kier molecular flexibility index (Phi) is 3.74. The third-order valence-corrected chi connectivity index (χ3v) is 3.86. The SMILES string of the molecule is Cc1ccsc1C(C)NCCc1ncc[nH]1. The van der Waals surface area contributed by atoms with Crippen molar-refractivity contribution in [3.8, 4) is 0 Å². The lowest BCUT2D eigenvalue weighted by atomic mass is 10.2. The topological polar surface area (TPSA) is 40.7 Å². The first kappa shape index (κ1) is 11.4. The lowest BCUT2D eigenvalue weighted by Gasteiger charge is -2.12. The van der Waals surface area contributed by atoms with Crippen molar-refractivity contribution in [1.82, 2.24) is 15.3 Å². The zero-order valence-electron chi connectivity index (χ0n) is 9.66. The number of hydrogen-bond donors (Lipinski definition) is 2. The molecule has 0 radical (unpaired) electrons. The minimum absolute atomic E-state index is 0.426. The Morgan fingerprint density at radius 1 is 1.56 bits per heavy atom. The highest BCUT2D eigenvalue weighted by Gasteiger charge is 2.08. The molecule has 0 aliphatic rings. The minimum atomic E-state index is 0.426. The van der Waals surface area contributed by atoms with Crippen molar-refractivity contribution in [2.24, 2.45) is 0 Å². The van der Waals surface area contributed by atoms with Crippen molar-refractivity contribution in [1.29, 1.82) is 0 Å². The molecular formula is C12H17N3S. The van der Waals surface area contributed by atoms with Crippen LogP contribution in [0.4, 0.5) is 0 Å². The van der Waals surface area contributed by atoms with E-state index in [4.69, 9.17) is 0 Å². The number of nitrogens with zero attached hydrogens (tertiary/aromatic N) is 1. The second-order valence-electron chi connectivity index (χ2n) is 3.93. The first-order valence-corrected chi connectivity index (χ1v) is 6.41. The third kappa shape index (κ3) is 2.71. The monoisotopic (exact) mass is 235 g/mol. The van der Waals surface area contributed by atoms with Crippen LogP contribution in [0.5, 0.6) is 0 Å². The highest BCUT2D eigenvalue weighted by Crippen LogP contribution is 2.23. The van der Waals surface area contributed by atoms with Crippen molar-refractivity contribution in [2.75, 3.05) is 6.54 Å². The number of nitrogens with one attached hydrogen (secondary N) is 2. The van der Waals surface area contributed by atoms with E-state index in [2.05, 4.69) is 40.6 Å². The van der Waals surface area contributed by atoms with Gasteiger partial charge in [-0.05, 0) is 30.9 Å². The summed E-state index contributed by atoms with van der Waals surface area (Å²) < 4.78 is 0. The van der Waals surface area contributed by atoms with Crippen LogP contribution in [-0.4, -0.2) is 16.5 Å². The van der Waals surface area contributed by atoms with Crippen LogP contribution in [0.2, 0.25) is 0 Å². The Bertz CT molecular complexity index is 419. The van der Waals surface area contributed by atoms with Gasteiger partial charge in [0.1, 0.15) is 5.82 Å². The second kappa shape index (κ2) is 5.27. The van der Waals surface area contributed by atoms with Crippen molar-refractivity contribution < 1.29 is 0 Å². The zero-order valence-corrected chi connectivity index (χ0v) is 10.5. The normalized spacial score (nSPS) is 12.9. The Balaban J connectivity index is 1.80. The Morgan fingerprint density at radius 3 is 3.06 bits per heavy atom. The molecule has 0 fully saturated rings. The summed E-state index contributed by atoms with van der Waals surface area (Å²) in [4.78, 5) is 8.74. The van der Waals surface area contributed by atoms with E-state index in [1.54, 1.807) is 6.20 Å². The van der Waals surface area contributed by atoms with Crippen molar-refractivity contribution in [3.05, 3.63) is 40.1 Å². The maximum Gasteiger partial charge on any atom is 0.107 e. The van der Waals surface area contributed by atoms with Gasteiger partial charge in [-0.2, -0.15) is 0 Å². The van der Waals surface area contributed by atoms with Crippen molar-refractivity contribution >= 4 is 11.3 Å². The summed E-state index contributed by atoms with van der Waals surface area (Å²) in [7, 11) is 0. The molecule has 2 rings (SSSR count). The van der Waals surface area contributed by atoms with Gasteiger partial charge in [0.15, 0.2) is 0 Å². The third-order valence-electron chi connectivity index (χ3n) is 2.66. The van der Waals surface area contributed by atoms with Crippen molar-refractivity contribution in [2.45, 2.75) is 26.3 Å². The van der Waals surface area contributed by atoms with Crippen LogP contribution < -0.4 is 5.32 Å². The molecule has 2 N–H and O–H groups in total. The van der Waals surface area contributed by atoms with Crippen LogP contribution in [0.25, 0.3) is 0 Å². The molecular weight excluding hydrogens is 218 g/mol. The lowest BCUT2D eigenvalue weighted by Crippen LogP contribution is -2.21. The number of rotatable bonds is 5. The van der Waals surface area contributed by atoms with E-state index in [1.165, 1.54) is 10.4 Å². The Morgan fingerprint density at radius 2 is 2.44 bits per heavy atom. The summed E-state index contributed by atoms with van der Waals surface area (Å²) in [5, 5.41) is 5.66. The van der Waals surface area contributed by atoms with Gasteiger partial charge in [-0.15, -0.1) is 11.3 Å². The number of aromatic amines is 1. The van der Waals surface area contributed by atoms with Crippen LogP contribution in [0.3, 0.4) is 0 Å². The van der Waals surface area contributed by atoms with Gasteiger partial charge in [0, 0.05) is 36.3 Å². The first-order chi connectivity index (χ1) is 7.77. The van der Waals surface area contributed by atoms with E-state index in [0.717, 1.165) is 18.8 Å².